The van der Waals surface area contributed by atoms with Crippen molar-refractivity contribution in [1.82, 2.24) is 16.0 Å². The quantitative estimate of drug-likeness (QED) is 0.0319. The van der Waals surface area contributed by atoms with Crippen LogP contribution in [0.15, 0.2) is 24.3 Å². The second-order valence-corrected chi connectivity index (χ2v) is 20.5. The standard InChI is InChI=1S/C54H85N3O23/c1-31(11-20-45(68)55-27-41(64)49(74)51(76)43(66)29-58)23-40(63)39(19-22-48(72)73)57-53(78)34(17-21-46(69)56-28-42(65)50(75)52(77)44(67)30-59)25-38(62)24-33-14-12-32(13-15-33)16-18-36(60)8-4-2-3-7-35(54(79)80)26-37(61)9-5-6-10-47(70)71/h12-15,31,34-35,39,41-44,49-52,58-59,64-67,74-77H,2-11,16-30H2,1H3,(H,55,68)(H,56,69)(H,57,78)(H,70,71)(H,72,73)(H,79,80)/t31-,34-,35-,39-,41+,42+,43-,44-,49-,50-,51-,52-/m1/s1. The molecule has 1 rings (SSSR count). The lowest BCUT2D eigenvalue weighted by atomic mass is 9.91. The van der Waals surface area contributed by atoms with Crippen molar-refractivity contribution in [3.05, 3.63) is 35.4 Å². The van der Waals surface area contributed by atoms with Crippen molar-refractivity contribution in [3.8, 4) is 0 Å². The van der Waals surface area contributed by atoms with Gasteiger partial charge in [-0.15, -0.1) is 0 Å². The van der Waals surface area contributed by atoms with E-state index in [0.717, 1.165) is 5.56 Å². The van der Waals surface area contributed by atoms with Crippen molar-refractivity contribution in [2.45, 2.75) is 197 Å². The van der Waals surface area contributed by atoms with Gasteiger partial charge in [-0.25, -0.2) is 0 Å². The number of rotatable bonds is 47. The van der Waals surface area contributed by atoms with Crippen molar-refractivity contribution in [3.63, 3.8) is 0 Å². The minimum atomic E-state index is -1.99. The fourth-order valence-electron chi connectivity index (χ4n) is 8.43. The number of nitrogens with one attached hydrogen (secondary N) is 3. The van der Waals surface area contributed by atoms with Crippen LogP contribution in [0.1, 0.15) is 140 Å². The van der Waals surface area contributed by atoms with E-state index in [1.807, 2.05) is 0 Å². The van der Waals surface area contributed by atoms with E-state index in [0.29, 0.717) is 44.1 Å². The number of Topliss-reactive ketones (excluding diaryl/α,β-unsaturated/α-hetero) is 4. The third kappa shape index (κ3) is 30.8. The van der Waals surface area contributed by atoms with Gasteiger partial charge < -0.3 is 82.3 Å². The molecular weight excluding hydrogens is 1060 g/mol. The lowest BCUT2D eigenvalue weighted by Gasteiger charge is -2.26. The van der Waals surface area contributed by atoms with E-state index in [2.05, 4.69) is 16.0 Å². The summed E-state index contributed by atoms with van der Waals surface area (Å²) >= 11 is 0. The molecule has 0 unspecified atom stereocenters. The topological polar surface area (TPSA) is 470 Å². The van der Waals surface area contributed by atoms with Crippen LogP contribution in [0.3, 0.4) is 0 Å². The van der Waals surface area contributed by atoms with Gasteiger partial charge in [-0.1, -0.05) is 44.0 Å². The Bertz CT molecular complexity index is 2110. The molecule has 0 aliphatic heterocycles. The van der Waals surface area contributed by atoms with E-state index < -0.39 is 165 Å². The van der Waals surface area contributed by atoms with Crippen LogP contribution in [0.25, 0.3) is 0 Å². The fourth-order valence-corrected chi connectivity index (χ4v) is 8.43. The monoisotopic (exact) mass is 1140 g/mol. The summed E-state index contributed by atoms with van der Waals surface area (Å²) in [6, 6.07) is 5.37. The van der Waals surface area contributed by atoms with Crippen LogP contribution in [-0.2, 0) is 60.8 Å². The zero-order valence-electron chi connectivity index (χ0n) is 45.3. The van der Waals surface area contributed by atoms with Gasteiger partial charge in [0.1, 0.15) is 54.0 Å². The first-order valence-electron chi connectivity index (χ1n) is 27.0. The molecule has 0 radical (unpaired) electrons. The second kappa shape index (κ2) is 39.7. The number of hydrogen-bond acceptors (Lipinski definition) is 20. The Labute approximate surface area is 464 Å². The summed E-state index contributed by atoms with van der Waals surface area (Å²) in [7, 11) is 0. The lowest BCUT2D eigenvalue weighted by Crippen LogP contribution is -2.49. The summed E-state index contributed by atoms with van der Waals surface area (Å²) in [5.41, 5.74) is 1.32. The SMILES string of the molecule is C[C@H](CCC(=O)NC[C@H](O)[C@@H](O)[C@H](O)[C@H](O)CO)CC(=O)[C@@H](CCC(=O)O)NC(=O)[C@H](CCC(=O)NC[C@H](O)[C@@H](O)[C@H](O)[C@H](O)CO)CC(=O)Cc1ccc(CCC(=O)CCCCC[C@H](CC(=O)CCCCC(=O)O)C(=O)O)cc1. The van der Waals surface area contributed by atoms with Crippen LogP contribution in [-0.4, -0.2) is 206 Å². The van der Waals surface area contributed by atoms with Gasteiger partial charge in [0, 0.05) is 89.6 Å². The first-order chi connectivity index (χ1) is 37.7. The summed E-state index contributed by atoms with van der Waals surface area (Å²) in [4.78, 5) is 126. The minimum absolute atomic E-state index is 0.0182. The molecule has 3 amide bonds. The molecule has 0 heterocycles. The largest absolute Gasteiger partial charge is 0.481 e. The Morgan fingerprint density at radius 1 is 0.463 bits per heavy atom. The minimum Gasteiger partial charge on any atom is -0.481 e. The van der Waals surface area contributed by atoms with Crippen molar-refractivity contribution in [2.24, 2.45) is 17.8 Å². The average Bonchev–Trinajstić information content (AvgIpc) is 3.41. The number of carbonyl (C=O) groups excluding carboxylic acids is 7. The molecule has 0 aliphatic carbocycles. The number of benzene rings is 1. The van der Waals surface area contributed by atoms with Crippen LogP contribution in [0.4, 0.5) is 0 Å². The molecule has 12 atom stereocenters. The molecule has 1 aromatic rings. The van der Waals surface area contributed by atoms with Crippen molar-refractivity contribution in [2.75, 3.05) is 26.3 Å². The summed E-state index contributed by atoms with van der Waals surface area (Å²) in [6.07, 6.45) is -14.3. The van der Waals surface area contributed by atoms with Gasteiger partial charge in [-0.05, 0) is 68.4 Å². The zero-order chi connectivity index (χ0) is 60.5. The number of hydrogen-bond donors (Lipinski definition) is 16. The number of amides is 3. The predicted octanol–water partition coefficient (Wildman–Crippen LogP) is -1.83. The van der Waals surface area contributed by atoms with Crippen molar-refractivity contribution in [1.29, 1.82) is 0 Å². The first kappa shape index (κ1) is 72.3. The average molecular weight is 1140 g/mol. The highest BCUT2D eigenvalue weighted by Gasteiger charge is 2.33. The van der Waals surface area contributed by atoms with Crippen molar-refractivity contribution >= 4 is 58.8 Å². The maximum Gasteiger partial charge on any atom is 0.306 e. The van der Waals surface area contributed by atoms with Crippen molar-refractivity contribution < 1.29 is 114 Å². The van der Waals surface area contributed by atoms with E-state index >= 15 is 0 Å². The maximum absolute atomic E-state index is 14.0. The highest BCUT2D eigenvalue weighted by atomic mass is 16.4. The third-order valence-electron chi connectivity index (χ3n) is 13.5. The summed E-state index contributed by atoms with van der Waals surface area (Å²) < 4.78 is 0. The molecule has 26 heteroatoms. The number of carbonyl (C=O) groups is 10. The Morgan fingerprint density at radius 2 is 0.938 bits per heavy atom. The number of aliphatic hydroxyl groups is 10. The Balaban J connectivity index is 3.00. The van der Waals surface area contributed by atoms with E-state index in [1.165, 1.54) is 0 Å². The highest BCUT2D eigenvalue weighted by molar-refractivity contribution is 5.93. The Kier molecular flexibility index (Phi) is 35.9. The smallest absolute Gasteiger partial charge is 0.306 e. The molecule has 16 N–H and O–H groups in total. The van der Waals surface area contributed by atoms with Gasteiger partial charge in [0.25, 0.3) is 0 Å². The molecule has 0 fully saturated rings. The fraction of sp³-hybridized carbons (Fsp3) is 0.704. The Hall–Kier alpha value is -5.68. The zero-order valence-corrected chi connectivity index (χ0v) is 45.3. The molecule has 0 saturated heterocycles. The van der Waals surface area contributed by atoms with Crippen LogP contribution in [0.5, 0.6) is 0 Å². The number of carboxylic acid groups (broad SMARTS) is 3. The van der Waals surface area contributed by atoms with E-state index in [1.54, 1.807) is 31.2 Å². The molecule has 0 bridgehead atoms. The number of unbranched alkanes of at least 4 members (excludes halogenated alkanes) is 3. The molecule has 0 saturated carbocycles. The predicted molar refractivity (Wildman–Crippen MR) is 281 cm³/mol. The van der Waals surface area contributed by atoms with Crippen LogP contribution >= 0.6 is 0 Å². The number of aryl methyl sites for hydroxylation is 1. The molecule has 26 nitrogen and oxygen atoms in total. The number of carboxylic acids is 3. The molecule has 0 aromatic heterocycles. The maximum atomic E-state index is 14.0. The normalized spacial score (nSPS) is 16.0. The molecule has 0 spiro atoms. The summed E-state index contributed by atoms with van der Waals surface area (Å²) in [5, 5.41) is 132. The van der Waals surface area contributed by atoms with E-state index in [4.69, 9.17) is 15.3 Å². The lowest BCUT2D eigenvalue weighted by molar-refractivity contribution is -0.144. The number of aliphatic carboxylic acids is 3. The Morgan fingerprint density at radius 3 is 1.46 bits per heavy atom. The molecular formula is C54H85N3O23. The number of aliphatic hydroxyl groups excluding tert-OH is 10. The summed E-state index contributed by atoms with van der Waals surface area (Å²) in [6.45, 7) is -1.42. The molecule has 1 aromatic carbocycles. The van der Waals surface area contributed by atoms with Gasteiger partial charge in [0.05, 0.1) is 37.4 Å². The molecule has 80 heavy (non-hydrogen) atoms. The molecule has 454 valence electrons. The van der Waals surface area contributed by atoms with Gasteiger partial charge in [0.15, 0.2) is 5.78 Å². The van der Waals surface area contributed by atoms with Gasteiger partial charge in [-0.3, -0.25) is 47.9 Å². The van der Waals surface area contributed by atoms with Gasteiger partial charge in [0.2, 0.25) is 17.7 Å². The van der Waals surface area contributed by atoms with E-state index in [-0.39, 0.29) is 88.6 Å². The van der Waals surface area contributed by atoms with Crippen LogP contribution in [0, 0.1) is 17.8 Å². The summed E-state index contributed by atoms with van der Waals surface area (Å²) in [5.74, 6) is -9.67. The van der Waals surface area contributed by atoms with Gasteiger partial charge >= 0.3 is 17.9 Å². The number of ketones is 4. The van der Waals surface area contributed by atoms with Crippen LogP contribution < -0.4 is 16.0 Å². The van der Waals surface area contributed by atoms with Crippen LogP contribution in [0.2, 0.25) is 0 Å². The van der Waals surface area contributed by atoms with Gasteiger partial charge in [-0.2, -0.15) is 0 Å². The first-order valence-corrected chi connectivity index (χ1v) is 27.0. The molecule has 0 aliphatic rings. The highest BCUT2D eigenvalue weighted by Crippen LogP contribution is 2.21. The third-order valence-corrected chi connectivity index (χ3v) is 13.5. The second-order valence-electron chi connectivity index (χ2n) is 20.5. The van der Waals surface area contributed by atoms with E-state index in [9.17, 15) is 99.0 Å².